The van der Waals surface area contributed by atoms with Gasteiger partial charge in [0.2, 0.25) is 0 Å². The zero-order valence-electron chi connectivity index (χ0n) is 15.6. The summed E-state index contributed by atoms with van der Waals surface area (Å²) in [6.07, 6.45) is 1.11. The molecule has 1 unspecified atom stereocenters. The maximum Gasteiger partial charge on any atom is 0.317 e. The molecule has 0 spiro atoms. The van der Waals surface area contributed by atoms with Crippen molar-refractivity contribution >= 4 is 50.3 Å². The number of anilines is 1. The molecule has 0 radical (unpaired) electrons. The van der Waals surface area contributed by atoms with Crippen LogP contribution in [0.3, 0.4) is 0 Å². The van der Waals surface area contributed by atoms with Gasteiger partial charge >= 0.3 is 6.03 Å². The SMILES string of the molecule is CC(C)(C)[N+]1(C(=O)[O-])CCCC[C@H](NC(=O)c2cc(Br)sc2NC(N)=O)C1. The van der Waals surface area contributed by atoms with Crippen LogP contribution < -0.4 is 21.5 Å². The molecular weight excluding hydrogens is 436 g/mol. The van der Waals surface area contributed by atoms with E-state index in [1.165, 1.54) is 11.3 Å². The van der Waals surface area contributed by atoms with Crippen LogP contribution in [-0.4, -0.2) is 47.2 Å². The van der Waals surface area contributed by atoms with E-state index < -0.39 is 17.7 Å². The van der Waals surface area contributed by atoms with Gasteiger partial charge in [-0.3, -0.25) is 14.6 Å². The van der Waals surface area contributed by atoms with Crippen LogP contribution in [0.25, 0.3) is 0 Å². The Kier molecular flexibility index (Phi) is 6.54. The summed E-state index contributed by atoms with van der Waals surface area (Å²) in [5, 5.41) is 17.8. The van der Waals surface area contributed by atoms with Crippen molar-refractivity contribution in [1.29, 1.82) is 0 Å². The summed E-state index contributed by atoms with van der Waals surface area (Å²) < 4.78 is 0.462. The van der Waals surface area contributed by atoms with E-state index in [2.05, 4.69) is 26.6 Å². The van der Waals surface area contributed by atoms with E-state index in [9.17, 15) is 19.5 Å². The molecule has 10 heteroatoms. The minimum atomic E-state index is -1.13. The molecule has 1 aliphatic heterocycles. The number of carboxylic acid groups (broad SMARTS) is 1. The van der Waals surface area contributed by atoms with Crippen LogP contribution in [0, 0.1) is 0 Å². The average Bonchev–Trinajstić information content (AvgIpc) is 2.75. The number of carbonyl (C=O) groups excluding carboxylic acids is 3. The van der Waals surface area contributed by atoms with Gasteiger partial charge in [0.25, 0.3) is 12.0 Å². The first-order valence-corrected chi connectivity index (χ1v) is 10.3. The lowest BCUT2D eigenvalue weighted by Crippen LogP contribution is -2.70. The summed E-state index contributed by atoms with van der Waals surface area (Å²) in [4.78, 5) is 36.0. The van der Waals surface area contributed by atoms with Crippen LogP contribution in [0.1, 0.15) is 50.4 Å². The van der Waals surface area contributed by atoms with Crippen molar-refractivity contribution in [3.05, 3.63) is 15.4 Å². The zero-order chi connectivity index (χ0) is 20.4. The highest BCUT2D eigenvalue weighted by Gasteiger charge is 2.45. The minimum Gasteiger partial charge on any atom is -0.498 e. The first-order chi connectivity index (χ1) is 12.5. The number of hydrogen-bond donors (Lipinski definition) is 3. The summed E-state index contributed by atoms with van der Waals surface area (Å²) in [5.41, 5.74) is 4.89. The molecule has 8 nitrogen and oxygen atoms in total. The molecule has 1 aromatic rings. The van der Waals surface area contributed by atoms with Gasteiger partial charge in [-0.2, -0.15) is 0 Å². The normalized spacial score (nSPS) is 23.3. The molecule has 0 aromatic carbocycles. The van der Waals surface area contributed by atoms with Crippen molar-refractivity contribution in [1.82, 2.24) is 5.32 Å². The molecule has 0 bridgehead atoms. The highest BCUT2D eigenvalue weighted by molar-refractivity contribution is 9.11. The standard InChI is InChI=1S/C17H25BrN4O4S/c1-17(2,3)22(16(25)26)7-5-4-6-10(9-22)20-13(23)11-8-12(18)27-14(11)21-15(19)24/h8,10H,4-7,9H2,1-3H3,(H4-,19,20,21,23,24,25,26)/t10-,22?/m0/s1. The van der Waals surface area contributed by atoms with E-state index >= 15 is 0 Å². The van der Waals surface area contributed by atoms with Crippen LogP contribution in [0.15, 0.2) is 9.85 Å². The van der Waals surface area contributed by atoms with Gasteiger partial charge in [-0.15, -0.1) is 11.3 Å². The largest absolute Gasteiger partial charge is 0.498 e. The van der Waals surface area contributed by atoms with Crippen LogP contribution in [0.2, 0.25) is 0 Å². The van der Waals surface area contributed by atoms with E-state index in [-0.39, 0.29) is 28.5 Å². The molecule has 0 aliphatic carbocycles. The molecule has 2 heterocycles. The molecule has 2 atom stereocenters. The Morgan fingerprint density at radius 1 is 1.33 bits per heavy atom. The third kappa shape index (κ3) is 4.80. The number of nitrogens with one attached hydrogen (secondary N) is 2. The highest BCUT2D eigenvalue weighted by atomic mass is 79.9. The Hall–Kier alpha value is -1.65. The van der Waals surface area contributed by atoms with Gasteiger partial charge in [0.05, 0.1) is 27.5 Å². The first kappa shape index (κ1) is 21.6. The van der Waals surface area contributed by atoms with Crippen LogP contribution in [0.4, 0.5) is 14.6 Å². The maximum absolute atomic E-state index is 12.8. The highest BCUT2D eigenvalue weighted by Crippen LogP contribution is 2.33. The molecule has 4 amide bonds. The minimum absolute atomic E-state index is 0.211. The van der Waals surface area contributed by atoms with E-state index in [1.807, 2.05) is 20.8 Å². The molecule has 4 N–H and O–H groups in total. The predicted molar refractivity (Wildman–Crippen MR) is 105 cm³/mol. The molecule has 1 aromatic heterocycles. The average molecular weight is 461 g/mol. The van der Waals surface area contributed by atoms with E-state index in [0.717, 1.165) is 12.8 Å². The molecule has 1 aliphatic rings. The zero-order valence-corrected chi connectivity index (χ0v) is 18.0. The number of urea groups is 1. The topological polar surface area (TPSA) is 124 Å². The van der Waals surface area contributed by atoms with Gasteiger partial charge in [0.1, 0.15) is 11.5 Å². The summed E-state index contributed by atoms with van der Waals surface area (Å²) in [6.45, 7) is 6.34. The van der Waals surface area contributed by atoms with Gasteiger partial charge in [0.15, 0.2) is 0 Å². The number of primary amides is 1. The molecule has 2 rings (SSSR count). The Morgan fingerprint density at radius 2 is 2.00 bits per heavy atom. The van der Waals surface area contributed by atoms with Crippen LogP contribution >= 0.6 is 27.3 Å². The number of thiophene rings is 1. The molecule has 1 saturated heterocycles. The van der Waals surface area contributed by atoms with Crippen LogP contribution in [0.5, 0.6) is 0 Å². The summed E-state index contributed by atoms with van der Waals surface area (Å²) in [7, 11) is 0. The lowest BCUT2D eigenvalue weighted by molar-refractivity contribution is -0.919. The first-order valence-electron chi connectivity index (χ1n) is 8.71. The predicted octanol–water partition coefficient (Wildman–Crippen LogP) is 2.24. The summed E-state index contributed by atoms with van der Waals surface area (Å²) in [5.74, 6) is -0.377. The van der Waals surface area contributed by atoms with Crippen molar-refractivity contribution in [2.45, 2.75) is 51.6 Å². The van der Waals surface area contributed by atoms with Gasteiger partial charge in [-0.25, -0.2) is 4.79 Å². The Balaban J connectivity index is 2.24. The quantitative estimate of drug-likeness (QED) is 0.597. The molecule has 0 saturated carbocycles. The number of nitrogens with zero attached hydrogens (tertiary/aromatic N) is 1. The van der Waals surface area contributed by atoms with Gasteiger partial charge in [0, 0.05) is 0 Å². The number of quaternary nitrogens is 1. The second-order valence-corrected chi connectivity index (χ2v) is 10.2. The lowest BCUT2D eigenvalue weighted by atomic mass is 10.0. The van der Waals surface area contributed by atoms with E-state index in [4.69, 9.17) is 5.73 Å². The lowest BCUT2D eigenvalue weighted by Gasteiger charge is -2.48. The maximum atomic E-state index is 12.8. The van der Waals surface area contributed by atoms with Crippen molar-refractivity contribution in [2.75, 3.05) is 18.4 Å². The fourth-order valence-corrected chi connectivity index (χ4v) is 5.00. The van der Waals surface area contributed by atoms with Gasteiger partial charge in [-0.1, -0.05) is 0 Å². The second-order valence-electron chi connectivity index (χ2n) is 7.76. The molecular formula is C17H25BrN4O4S. The van der Waals surface area contributed by atoms with Gasteiger partial charge in [-0.05, 0) is 62.0 Å². The number of likely N-dealkylation sites (tertiary alicyclic amines) is 1. The van der Waals surface area contributed by atoms with E-state index in [0.29, 0.717) is 21.8 Å². The van der Waals surface area contributed by atoms with Gasteiger partial charge < -0.3 is 21.0 Å². The van der Waals surface area contributed by atoms with Crippen molar-refractivity contribution in [3.8, 4) is 0 Å². The number of hydrogen-bond acceptors (Lipinski definition) is 5. The fraction of sp³-hybridized carbons (Fsp3) is 0.588. The van der Waals surface area contributed by atoms with Crippen LogP contribution in [-0.2, 0) is 0 Å². The Labute approximate surface area is 170 Å². The third-order valence-corrected chi connectivity index (χ3v) is 6.58. The summed E-state index contributed by atoms with van der Waals surface area (Å²) in [6, 6.07) is 0.525. The summed E-state index contributed by atoms with van der Waals surface area (Å²) >= 11 is 4.48. The van der Waals surface area contributed by atoms with E-state index in [1.54, 1.807) is 6.07 Å². The number of nitrogens with two attached hydrogens (primary N) is 1. The number of carbonyl (C=O) groups is 3. The smallest absolute Gasteiger partial charge is 0.317 e. The van der Waals surface area contributed by atoms with Crippen molar-refractivity contribution in [3.63, 3.8) is 0 Å². The molecule has 150 valence electrons. The van der Waals surface area contributed by atoms with Crippen molar-refractivity contribution in [2.24, 2.45) is 5.73 Å². The fourth-order valence-electron chi connectivity index (χ4n) is 3.50. The molecule has 1 fully saturated rings. The third-order valence-electron chi connectivity index (χ3n) is 5.03. The Morgan fingerprint density at radius 3 is 2.56 bits per heavy atom. The molecule has 27 heavy (non-hydrogen) atoms. The monoisotopic (exact) mass is 460 g/mol. The Bertz CT molecular complexity index is 746. The number of rotatable bonds is 3. The number of amides is 4. The van der Waals surface area contributed by atoms with Crippen molar-refractivity contribution < 1.29 is 24.0 Å². The number of halogens is 1. The second kappa shape index (κ2) is 8.15.